The second-order valence-corrected chi connectivity index (χ2v) is 5.65. The van der Waals surface area contributed by atoms with Crippen LogP contribution in [0.2, 0.25) is 0 Å². The largest absolute Gasteiger partial charge is 0.465 e. The van der Waals surface area contributed by atoms with E-state index >= 15 is 0 Å². The van der Waals surface area contributed by atoms with E-state index in [2.05, 4.69) is 14.7 Å². The van der Waals surface area contributed by atoms with Crippen molar-refractivity contribution in [2.75, 3.05) is 7.11 Å². The minimum atomic E-state index is -0.699. The quantitative estimate of drug-likeness (QED) is 0.526. The van der Waals surface area contributed by atoms with E-state index in [-0.39, 0.29) is 23.3 Å². The van der Waals surface area contributed by atoms with Gasteiger partial charge in [0.05, 0.1) is 24.6 Å². The fourth-order valence-corrected chi connectivity index (χ4v) is 2.82. The zero-order chi connectivity index (χ0) is 18.3. The predicted octanol–water partition coefficient (Wildman–Crippen LogP) is 2.51. The van der Waals surface area contributed by atoms with E-state index in [4.69, 9.17) is 4.42 Å². The standard InChI is InChI=1S/C18H12FN3O4/c1-25-18(24)13-6-11(19)4-10-5-12(26-16(10)13)8-22-3-2-15-14(17(22)23)7-20-9-21-15/h2-7,9H,8H2,1H3. The van der Waals surface area contributed by atoms with E-state index in [9.17, 15) is 14.0 Å². The molecule has 1 aromatic carbocycles. The first-order valence-corrected chi connectivity index (χ1v) is 7.66. The third-order valence-electron chi connectivity index (χ3n) is 4.01. The lowest BCUT2D eigenvalue weighted by molar-refractivity contribution is 0.0601. The molecule has 8 heteroatoms. The van der Waals surface area contributed by atoms with E-state index in [0.29, 0.717) is 22.0 Å². The lowest BCUT2D eigenvalue weighted by Crippen LogP contribution is -2.20. The molecule has 0 bridgehead atoms. The van der Waals surface area contributed by atoms with Crippen LogP contribution in [0.5, 0.6) is 0 Å². The van der Waals surface area contributed by atoms with Gasteiger partial charge in [-0.15, -0.1) is 0 Å². The SMILES string of the molecule is COC(=O)c1cc(F)cc2cc(Cn3ccc4ncncc4c3=O)oc12. The first kappa shape index (κ1) is 15.9. The van der Waals surface area contributed by atoms with Crippen molar-refractivity contribution in [1.29, 1.82) is 0 Å². The summed E-state index contributed by atoms with van der Waals surface area (Å²) in [6.07, 6.45) is 4.41. The van der Waals surface area contributed by atoms with Gasteiger partial charge in [-0.1, -0.05) is 0 Å². The van der Waals surface area contributed by atoms with Gasteiger partial charge in [-0.25, -0.2) is 19.2 Å². The molecule has 0 unspecified atom stereocenters. The highest BCUT2D eigenvalue weighted by molar-refractivity contribution is 6.02. The van der Waals surface area contributed by atoms with Crippen molar-refractivity contribution in [1.82, 2.24) is 14.5 Å². The van der Waals surface area contributed by atoms with Crippen LogP contribution in [0.15, 0.2) is 52.2 Å². The Bertz CT molecular complexity index is 1210. The van der Waals surface area contributed by atoms with E-state index in [1.807, 2.05) is 0 Å². The lowest BCUT2D eigenvalue weighted by atomic mass is 10.1. The number of carbonyl (C=O) groups is 1. The molecule has 3 aromatic heterocycles. The molecule has 0 radical (unpaired) electrons. The van der Waals surface area contributed by atoms with E-state index in [0.717, 1.165) is 6.07 Å². The fourth-order valence-electron chi connectivity index (χ4n) is 2.82. The molecule has 0 N–H and O–H groups in total. The molecule has 0 saturated heterocycles. The molecule has 0 spiro atoms. The van der Waals surface area contributed by atoms with Crippen molar-refractivity contribution in [3.63, 3.8) is 0 Å². The van der Waals surface area contributed by atoms with Crippen molar-refractivity contribution in [3.8, 4) is 0 Å². The Morgan fingerprint density at radius 3 is 3.00 bits per heavy atom. The monoisotopic (exact) mass is 353 g/mol. The molecule has 0 aliphatic rings. The Kier molecular flexibility index (Phi) is 3.72. The zero-order valence-electron chi connectivity index (χ0n) is 13.6. The normalized spacial score (nSPS) is 11.2. The number of nitrogens with zero attached hydrogens (tertiary/aromatic N) is 3. The number of carbonyl (C=O) groups excluding carboxylic acids is 1. The maximum absolute atomic E-state index is 13.8. The smallest absolute Gasteiger partial charge is 0.341 e. The maximum Gasteiger partial charge on any atom is 0.341 e. The number of esters is 1. The summed E-state index contributed by atoms with van der Waals surface area (Å²) >= 11 is 0. The Morgan fingerprint density at radius 2 is 2.19 bits per heavy atom. The highest BCUT2D eigenvalue weighted by atomic mass is 19.1. The second kappa shape index (κ2) is 6.07. The number of hydrogen-bond acceptors (Lipinski definition) is 6. The zero-order valence-corrected chi connectivity index (χ0v) is 13.6. The molecule has 26 heavy (non-hydrogen) atoms. The summed E-state index contributed by atoms with van der Waals surface area (Å²) in [7, 11) is 1.21. The summed E-state index contributed by atoms with van der Waals surface area (Å²) in [6, 6.07) is 5.59. The Morgan fingerprint density at radius 1 is 1.35 bits per heavy atom. The minimum absolute atomic E-state index is 0.00647. The number of fused-ring (bicyclic) bond motifs is 2. The van der Waals surface area contributed by atoms with Gasteiger partial charge in [-0.3, -0.25) is 4.79 Å². The summed E-state index contributed by atoms with van der Waals surface area (Å²) in [4.78, 5) is 32.3. The van der Waals surface area contributed by atoms with Gasteiger partial charge in [-0.2, -0.15) is 0 Å². The van der Waals surface area contributed by atoms with Gasteiger partial charge in [0.1, 0.15) is 29.1 Å². The first-order chi connectivity index (χ1) is 12.6. The number of aromatic nitrogens is 3. The molecule has 130 valence electrons. The molecule has 0 aliphatic heterocycles. The predicted molar refractivity (Wildman–Crippen MR) is 90.4 cm³/mol. The Balaban J connectivity index is 1.80. The Hall–Kier alpha value is -3.55. The summed E-state index contributed by atoms with van der Waals surface area (Å²) < 4.78 is 25.5. The highest BCUT2D eigenvalue weighted by Crippen LogP contribution is 2.25. The van der Waals surface area contributed by atoms with Crippen LogP contribution in [0.3, 0.4) is 0 Å². The maximum atomic E-state index is 13.8. The molecular weight excluding hydrogens is 341 g/mol. The van der Waals surface area contributed by atoms with Gasteiger partial charge in [0, 0.05) is 17.8 Å². The van der Waals surface area contributed by atoms with Crippen LogP contribution in [0.1, 0.15) is 16.1 Å². The molecule has 3 heterocycles. The average Bonchev–Trinajstić information content (AvgIpc) is 3.05. The van der Waals surface area contributed by atoms with Crippen LogP contribution in [0.4, 0.5) is 4.39 Å². The van der Waals surface area contributed by atoms with Crippen LogP contribution in [-0.4, -0.2) is 27.6 Å². The van der Waals surface area contributed by atoms with Gasteiger partial charge < -0.3 is 13.7 Å². The van der Waals surface area contributed by atoms with Gasteiger partial charge in [0.15, 0.2) is 0 Å². The van der Waals surface area contributed by atoms with Crippen molar-refractivity contribution in [3.05, 3.63) is 70.5 Å². The van der Waals surface area contributed by atoms with Crippen LogP contribution < -0.4 is 5.56 Å². The minimum Gasteiger partial charge on any atom is -0.465 e. The third-order valence-corrected chi connectivity index (χ3v) is 4.01. The summed E-state index contributed by atoms with van der Waals surface area (Å²) in [6.45, 7) is 0.112. The van der Waals surface area contributed by atoms with Crippen molar-refractivity contribution < 1.29 is 18.3 Å². The van der Waals surface area contributed by atoms with E-state index < -0.39 is 11.8 Å². The number of hydrogen-bond donors (Lipinski definition) is 0. The van der Waals surface area contributed by atoms with Gasteiger partial charge in [0.2, 0.25) is 0 Å². The number of methoxy groups -OCH3 is 1. The topological polar surface area (TPSA) is 87.2 Å². The summed E-state index contributed by atoms with van der Waals surface area (Å²) in [5.41, 5.74) is 0.474. The molecule has 0 atom stereocenters. The number of benzene rings is 1. The van der Waals surface area contributed by atoms with Crippen molar-refractivity contribution in [2.45, 2.75) is 6.54 Å². The molecule has 0 aliphatic carbocycles. The number of rotatable bonds is 3. The van der Waals surface area contributed by atoms with Gasteiger partial charge >= 0.3 is 5.97 Å². The van der Waals surface area contributed by atoms with Gasteiger partial charge in [0.25, 0.3) is 5.56 Å². The third kappa shape index (κ3) is 2.61. The summed E-state index contributed by atoms with van der Waals surface area (Å²) in [5, 5.41) is 0.796. The molecule has 4 rings (SSSR count). The molecule has 0 amide bonds. The van der Waals surface area contributed by atoms with E-state index in [1.165, 1.54) is 30.3 Å². The highest BCUT2D eigenvalue weighted by Gasteiger charge is 2.17. The lowest BCUT2D eigenvalue weighted by Gasteiger charge is -2.04. The second-order valence-electron chi connectivity index (χ2n) is 5.65. The molecule has 4 aromatic rings. The van der Waals surface area contributed by atoms with Gasteiger partial charge in [-0.05, 0) is 24.3 Å². The number of ether oxygens (including phenoxy) is 1. The number of halogens is 1. The Labute approximate surface area is 145 Å². The number of furan rings is 1. The molecule has 0 fully saturated rings. The van der Waals surface area contributed by atoms with Crippen molar-refractivity contribution in [2.24, 2.45) is 0 Å². The molecular formula is C18H12FN3O4. The van der Waals surface area contributed by atoms with Crippen LogP contribution in [-0.2, 0) is 11.3 Å². The molecule has 0 saturated carbocycles. The van der Waals surface area contributed by atoms with Crippen LogP contribution in [0, 0.1) is 5.82 Å². The number of pyridine rings is 1. The summed E-state index contributed by atoms with van der Waals surface area (Å²) in [5.74, 6) is -0.880. The molecule has 7 nitrogen and oxygen atoms in total. The van der Waals surface area contributed by atoms with Crippen LogP contribution >= 0.6 is 0 Å². The average molecular weight is 353 g/mol. The van der Waals surface area contributed by atoms with Crippen LogP contribution in [0.25, 0.3) is 21.9 Å². The fraction of sp³-hybridized carbons (Fsp3) is 0.111. The first-order valence-electron chi connectivity index (χ1n) is 7.66. The van der Waals surface area contributed by atoms with E-state index in [1.54, 1.807) is 18.3 Å². The van der Waals surface area contributed by atoms with Crippen molar-refractivity contribution >= 4 is 27.8 Å².